The second-order valence-electron chi connectivity index (χ2n) is 4.48. The van der Waals surface area contributed by atoms with Crippen molar-refractivity contribution in [1.29, 1.82) is 0 Å². The first-order valence-electron chi connectivity index (χ1n) is 6.40. The Kier molecular flexibility index (Phi) is 3.60. The van der Waals surface area contributed by atoms with Crippen molar-refractivity contribution in [3.63, 3.8) is 0 Å². The summed E-state index contributed by atoms with van der Waals surface area (Å²) in [5.74, 6) is 0.619. The third-order valence-corrected chi connectivity index (χ3v) is 3.86. The van der Waals surface area contributed by atoms with Gasteiger partial charge in [-0.3, -0.25) is 0 Å². The standard InChI is InChI=1S/C16H12Cl2N2/c1-2-10-6-3-4-7-11(10)16-19-14-12(15(18)20-16)8-5-9-13(14)17/h3-9H,2H2,1H3. The van der Waals surface area contributed by atoms with E-state index in [2.05, 4.69) is 23.0 Å². The van der Waals surface area contributed by atoms with Gasteiger partial charge in [-0.1, -0.05) is 60.5 Å². The molecule has 0 fully saturated rings. The Balaban J connectivity index is 2.30. The highest BCUT2D eigenvalue weighted by Crippen LogP contribution is 2.30. The Morgan fingerprint density at radius 1 is 0.950 bits per heavy atom. The number of halogens is 2. The molecule has 2 nitrogen and oxygen atoms in total. The van der Waals surface area contributed by atoms with Crippen LogP contribution in [0, 0.1) is 0 Å². The number of benzene rings is 2. The van der Waals surface area contributed by atoms with Crippen molar-refractivity contribution in [3.8, 4) is 11.4 Å². The number of hydrogen-bond donors (Lipinski definition) is 0. The highest BCUT2D eigenvalue weighted by atomic mass is 35.5. The summed E-state index contributed by atoms with van der Waals surface area (Å²) in [6.07, 6.45) is 0.914. The zero-order valence-electron chi connectivity index (χ0n) is 10.9. The summed E-state index contributed by atoms with van der Waals surface area (Å²) < 4.78 is 0. The first-order valence-corrected chi connectivity index (χ1v) is 7.16. The van der Waals surface area contributed by atoms with Crippen LogP contribution >= 0.6 is 23.2 Å². The fourth-order valence-corrected chi connectivity index (χ4v) is 2.70. The minimum atomic E-state index is 0.429. The number of aromatic nitrogens is 2. The molecule has 100 valence electrons. The van der Waals surface area contributed by atoms with Gasteiger partial charge in [0.25, 0.3) is 0 Å². The van der Waals surface area contributed by atoms with Crippen molar-refractivity contribution in [1.82, 2.24) is 9.97 Å². The average Bonchev–Trinajstić information content (AvgIpc) is 2.48. The van der Waals surface area contributed by atoms with Gasteiger partial charge in [0.15, 0.2) is 5.82 Å². The Labute approximate surface area is 127 Å². The van der Waals surface area contributed by atoms with Crippen LogP contribution in [0.2, 0.25) is 10.2 Å². The van der Waals surface area contributed by atoms with Gasteiger partial charge in [-0.25, -0.2) is 9.97 Å². The van der Waals surface area contributed by atoms with Crippen molar-refractivity contribution in [3.05, 3.63) is 58.2 Å². The Hall–Kier alpha value is -1.64. The molecule has 0 aliphatic heterocycles. The number of para-hydroxylation sites is 1. The molecule has 0 aliphatic rings. The van der Waals surface area contributed by atoms with Crippen molar-refractivity contribution in [2.24, 2.45) is 0 Å². The Bertz CT molecular complexity index is 785. The summed E-state index contributed by atoms with van der Waals surface area (Å²) in [6, 6.07) is 13.6. The Morgan fingerprint density at radius 2 is 1.75 bits per heavy atom. The summed E-state index contributed by atoms with van der Waals surface area (Å²) in [7, 11) is 0. The van der Waals surface area contributed by atoms with Gasteiger partial charge in [-0.05, 0) is 24.1 Å². The van der Waals surface area contributed by atoms with Gasteiger partial charge in [0.1, 0.15) is 5.15 Å². The lowest BCUT2D eigenvalue weighted by Crippen LogP contribution is -1.95. The molecule has 0 unspecified atom stereocenters. The normalized spacial score (nSPS) is 10.9. The molecular weight excluding hydrogens is 291 g/mol. The smallest absolute Gasteiger partial charge is 0.161 e. The lowest BCUT2D eigenvalue weighted by molar-refractivity contribution is 1.12. The summed E-state index contributed by atoms with van der Waals surface area (Å²) >= 11 is 12.5. The average molecular weight is 303 g/mol. The van der Waals surface area contributed by atoms with Crippen LogP contribution in [0.5, 0.6) is 0 Å². The van der Waals surface area contributed by atoms with E-state index in [0.29, 0.717) is 21.5 Å². The molecule has 0 radical (unpaired) electrons. The molecule has 1 heterocycles. The maximum atomic E-state index is 6.27. The second kappa shape index (κ2) is 5.39. The SMILES string of the molecule is CCc1ccccc1-c1nc(Cl)c2cccc(Cl)c2n1. The second-order valence-corrected chi connectivity index (χ2v) is 5.25. The van der Waals surface area contributed by atoms with Crippen molar-refractivity contribution in [2.45, 2.75) is 13.3 Å². The van der Waals surface area contributed by atoms with E-state index < -0.39 is 0 Å². The molecule has 3 rings (SSSR count). The Morgan fingerprint density at radius 3 is 2.55 bits per heavy atom. The fourth-order valence-electron chi connectivity index (χ4n) is 2.25. The van der Waals surface area contributed by atoms with Crippen LogP contribution in [-0.4, -0.2) is 9.97 Å². The van der Waals surface area contributed by atoms with Crippen molar-refractivity contribution >= 4 is 34.1 Å². The molecule has 0 spiro atoms. The monoisotopic (exact) mass is 302 g/mol. The van der Waals surface area contributed by atoms with Crippen LogP contribution in [-0.2, 0) is 6.42 Å². The number of aryl methyl sites for hydroxylation is 1. The number of nitrogens with zero attached hydrogens (tertiary/aromatic N) is 2. The predicted molar refractivity (Wildman–Crippen MR) is 84.4 cm³/mol. The van der Waals surface area contributed by atoms with Gasteiger partial charge >= 0.3 is 0 Å². The molecule has 0 bridgehead atoms. The molecule has 0 N–H and O–H groups in total. The topological polar surface area (TPSA) is 25.8 Å². The van der Waals surface area contributed by atoms with Gasteiger partial charge in [-0.15, -0.1) is 0 Å². The number of rotatable bonds is 2. The molecule has 4 heteroatoms. The third kappa shape index (κ3) is 2.26. The van der Waals surface area contributed by atoms with E-state index >= 15 is 0 Å². The molecule has 0 amide bonds. The third-order valence-electron chi connectivity index (χ3n) is 3.27. The van der Waals surface area contributed by atoms with Crippen LogP contribution < -0.4 is 0 Å². The van der Waals surface area contributed by atoms with E-state index in [9.17, 15) is 0 Å². The van der Waals surface area contributed by atoms with Crippen molar-refractivity contribution in [2.75, 3.05) is 0 Å². The summed E-state index contributed by atoms with van der Waals surface area (Å²) in [4.78, 5) is 9.00. The lowest BCUT2D eigenvalue weighted by atomic mass is 10.0. The van der Waals surface area contributed by atoms with E-state index in [1.165, 1.54) is 5.56 Å². The van der Waals surface area contributed by atoms with E-state index in [1.54, 1.807) is 0 Å². The summed E-state index contributed by atoms with van der Waals surface area (Å²) in [5.41, 5.74) is 2.88. The zero-order chi connectivity index (χ0) is 14.1. The first kappa shape index (κ1) is 13.3. The minimum absolute atomic E-state index is 0.429. The van der Waals surface area contributed by atoms with Crippen LogP contribution in [0.3, 0.4) is 0 Å². The van der Waals surface area contributed by atoms with Crippen LogP contribution in [0.1, 0.15) is 12.5 Å². The molecule has 0 saturated heterocycles. The quantitative estimate of drug-likeness (QED) is 0.611. The largest absolute Gasteiger partial charge is 0.226 e. The molecule has 0 atom stereocenters. The maximum Gasteiger partial charge on any atom is 0.161 e. The van der Waals surface area contributed by atoms with Crippen LogP contribution in [0.25, 0.3) is 22.3 Å². The fraction of sp³-hybridized carbons (Fsp3) is 0.125. The lowest BCUT2D eigenvalue weighted by Gasteiger charge is -2.09. The highest BCUT2D eigenvalue weighted by Gasteiger charge is 2.12. The molecule has 3 aromatic rings. The maximum absolute atomic E-state index is 6.27. The zero-order valence-corrected chi connectivity index (χ0v) is 12.4. The first-order chi connectivity index (χ1) is 9.70. The van der Waals surface area contributed by atoms with E-state index in [-0.39, 0.29) is 0 Å². The molecular formula is C16H12Cl2N2. The van der Waals surface area contributed by atoms with Crippen LogP contribution in [0.15, 0.2) is 42.5 Å². The van der Waals surface area contributed by atoms with Crippen LogP contribution in [0.4, 0.5) is 0 Å². The minimum Gasteiger partial charge on any atom is -0.226 e. The highest BCUT2D eigenvalue weighted by molar-refractivity contribution is 6.38. The molecule has 20 heavy (non-hydrogen) atoms. The number of fused-ring (bicyclic) bond motifs is 1. The molecule has 0 saturated carbocycles. The van der Waals surface area contributed by atoms with E-state index in [4.69, 9.17) is 23.2 Å². The van der Waals surface area contributed by atoms with E-state index in [0.717, 1.165) is 17.4 Å². The molecule has 1 aromatic heterocycles. The summed E-state index contributed by atoms with van der Waals surface area (Å²) in [6.45, 7) is 2.11. The van der Waals surface area contributed by atoms with Crippen molar-refractivity contribution < 1.29 is 0 Å². The van der Waals surface area contributed by atoms with E-state index in [1.807, 2.05) is 36.4 Å². The molecule has 0 aliphatic carbocycles. The summed E-state index contributed by atoms with van der Waals surface area (Å²) in [5, 5.41) is 1.79. The van der Waals surface area contributed by atoms with Gasteiger partial charge in [0, 0.05) is 10.9 Å². The van der Waals surface area contributed by atoms with Gasteiger partial charge in [0.05, 0.1) is 10.5 Å². The van der Waals surface area contributed by atoms with Gasteiger partial charge in [0.2, 0.25) is 0 Å². The predicted octanol–water partition coefficient (Wildman–Crippen LogP) is 5.17. The van der Waals surface area contributed by atoms with Gasteiger partial charge < -0.3 is 0 Å². The van der Waals surface area contributed by atoms with Gasteiger partial charge in [-0.2, -0.15) is 0 Å². The molecule has 2 aromatic carbocycles. The number of hydrogen-bond acceptors (Lipinski definition) is 2.